The molecule has 1 aromatic rings. The van der Waals surface area contributed by atoms with Gasteiger partial charge in [0.15, 0.2) is 5.11 Å². The van der Waals surface area contributed by atoms with Crippen LogP contribution in [0.15, 0.2) is 24.3 Å². The zero-order valence-corrected chi connectivity index (χ0v) is 13.1. The molecule has 1 aliphatic carbocycles. The molecule has 0 unspecified atom stereocenters. The molecule has 108 valence electrons. The molecule has 0 radical (unpaired) electrons. The van der Waals surface area contributed by atoms with Crippen molar-refractivity contribution in [3.8, 4) is 0 Å². The van der Waals surface area contributed by atoms with E-state index in [1.807, 2.05) is 0 Å². The largest absolute Gasteiger partial charge is 0.349 e. The third kappa shape index (κ3) is 2.98. The standard InChI is InChI=1S/C17H24N2S/c1-13-6-2-5-9-16(13)18-17(20)19-11-10-14-7-3-4-8-15(14)12-19/h2,5-6,9,14-15H,3-4,7-8,10-12H2,1H3,(H,18,20)/t14-,15+/m0/s1. The maximum Gasteiger partial charge on any atom is 0.173 e. The van der Waals surface area contributed by atoms with Gasteiger partial charge in [0.2, 0.25) is 0 Å². The van der Waals surface area contributed by atoms with E-state index in [2.05, 4.69) is 41.4 Å². The first-order chi connectivity index (χ1) is 9.74. The average Bonchev–Trinajstić information content (AvgIpc) is 2.49. The summed E-state index contributed by atoms with van der Waals surface area (Å²) in [7, 11) is 0. The van der Waals surface area contributed by atoms with Gasteiger partial charge in [-0.15, -0.1) is 0 Å². The van der Waals surface area contributed by atoms with Crippen molar-refractivity contribution in [1.82, 2.24) is 4.90 Å². The lowest BCUT2D eigenvalue weighted by Crippen LogP contribution is -2.46. The zero-order chi connectivity index (χ0) is 13.9. The molecule has 0 bridgehead atoms. The van der Waals surface area contributed by atoms with Gasteiger partial charge in [0.25, 0.3) is 0 Å². The summed E-state index contributed by atoms with van der Waals surface area (Å²) >= 11 is 5.62. The fraction of sp³-hybridized carbons (Fsp3) is 0.588. The van der Waals surface area contributed by atoms with Crippen molar-refractivity contribution in [3.05, 3.63) is 29.8 Å². The molecule has 1 heterocycles. The summed E-state index contributed by atoms with van der Waals surface area (Å²) in [6.45, 7) is 4.40. The number of thiocarbonyl (C=S) groups is 1. The van der Waals surface area contributed by atoms with Crippen LogP contribution in [0, 0.1) is 18.8 Å². The number of fused-ring (bicyclic) bond motifs is 1. The molecule has 1 saturated heterocycles. The Morgan fingerprint density at radius 2 is 1.90 bits per heavy atom. The highest BCUT2D eigenvalue weighted by Gasteiger charge is 2.31. The molecule has 3 rings (SSSR count). The Morgan fingerprint density at radius 3 is 2.70 bits per heavy atom. The first-order valence-corrected chi connectivity index (χ1v) is 8.26. The number of para-hydroxylation sites is 1. The fourth-order valence-corrected chi connectivity index (χ4v) is 3.97. The van der Waals surface area contributed by atoms with Gasteiger partial charge in [-0.2, -0.15) is 0 Å². The van der Waals surface area contributed by atoms with E-state index in [1.165, 1.54) is 37.7 Å². The Balaban J connectivity index is 1.62. The van der Waals surface area contributed by atoms with Gasteiger partial charge in [-0.05, 0) is 55.4 Å². The molecule has 1 aromatic carbocycles. The molecule has 0 amide bonds. The van der Waals surface area contributed by atoms with Crippen molar-refractivity contribution in [3.63, 3.8) is 0 Å². The molecule has 0 spiro atoms. The molecule has 0 aromatic heterocycles. The third-order valence-electron chi connectivity index (χ3n) is 4.97. The van der Waals surface area contributed by atoms with Gasteiger partial charge in [0.05, 0.1) is 0 Å². The summed E-state index contributed by atoms with van der Waals surface area (Å²) < 4.78 is 0. The van der Waals surface area contributed by atoms with E-state index in [9.17, 15) is 0 Å². The Labute approximate surface area is 127 Å². The number of nitrogens with one attached hydrogen (secondary N) is 1. The second-order valence-corrected chi connectivity index (χ2v) is 6.67. The number of rotatable bonds is 1. The number of piperidine rings is 1. The molecule has 1 N–H and O–H groups in total. The van der Waals surface area contributed by atoms with E-state index in [-0.39, 0.29) is 0 Å². The molecule has 2 fully saturated rings. The van der Waals surface area contributed by atoms with Crippen LogP contribution in [0.4, 0.5) is 5.69 Å². The average molecular weight is 288 g/mol. The van der Waals surface area contributed by atoms with E-state index in [4.69, 9.17) is 12.2 Å². The minimum absolute atomic E-state index is 0.870. The van der Waals surface area contributed by atoms with Crippen LogP contribution < -0.4 is 5.32 Å². The first-order valence-electron chi connectivity index (χ1n) is 7.85. The molecular weight excluding hydrogens is 264 g/mol. The third-order valence-corrected chi connectivity index (χ3v) is 5.33. The second kappa shape index (κ2) is 6.13. The highest BCUT2D eigenvalue weighted by atomic mass is 32.1. The fourth-order valence-electron chi connectivity index (χ4n) is 3.69. The number of anilines is 1. The molecule has 20 heavy (non-hydrogen) atoms. The van der Waals surface area contributed by atoms with Crippen molar-refractivity contribution >= 4 is 23.0 Å². The van der Waals surface area contributed by atoms with E-state index >= 15 is 0 Å². The minimum atomic E-state index is 0.870. The number of likely N-dealkylation sites (tertiary alicyclic amines) is 1. The van der Waals surface area contributed by atoms with E-state index in [0.29, 0.717) is 0 Å². The van der Waals surface area contributed by atoms with Crippen LogP contribution in [0.1, 0.15) is 37.7 Å². The summed E-state index contributed by atoms with van der Waals surface area (Å²) in [4.78, 5) is 2.38. The van der Waals surface area contributed by atoms with Gasteiger partial charge in [-0.3, -0.25) is 0 Å². The molecule has 2 atom stereocenters. The van der Waals surface area contributed by atoms with Crippen molar-refractivity contribution < 1.29 is 0 Å². The van der Waals surface area contributed by atoms with Crippen molar-refractivity contribution in [2.45, 2.75) is 39.0 Å². The molecule has 3 heteroatoms. The monoisotopic (exact) mass is 288 g/mol. The van der Waals surface area contributed by atoms with Gasteiger partial charge >= 0.3 is 0 Å². The van der Waals surface area contributed by atoms with Gasteiger partial charge in [0.1, 0.15) is 0 Å². The SMILES string of the molecule is Cc1ccccc1NC(=S)N1CC[C@@H]2CCCC[C@@H]2C1. The molecule has 1 saturated carbocycles. The number of benzene rings is 1. The Hall–Kier alpha value is -1.09. The summed E-state index contributed by atoms with van der Waals surface area (Å²) in [5.41, 5.74) is 2.39. The van der Waals surface area contributed by atoms with Crippen molar-refractivity contribution in [2.75, 3.05) is 18.4 Å². The first kappa shape index (κ1) is 13.9. The lowest BCUT2D eigenvalue weighted by molar-refractivity contribution is 0.131. The van der Waals surface area contributed by atoms with E-state index < -0.39 is 0 Å². The quantitative estimate of drug-likeness (QED) is 0.780. The lowest BCUT2D eigenvalue weighted by atomic mass is 9.75. The topological polar surface area (TPSA) is 15.3 Å². The van der Waals surface area contributed by atoms with Crippen molar-refractivity contribution in [2.24, 2.45) is 11.8 Å². The van der Waals surface area contributed by atoms with Crippen LogP contribution >= 0.6 is 12.2 Å². The van der Waals surface area contributed by atoms with Crippen LogP contribution in [0.5, 0.6) is 0 Å². The number of hydrogen-bond acceptors (Lipinski definition) is 1. The maximum atomic E-state index is 5.62. The van der Waals surface area contributed by atoms with E-state index in [1.54, 1.807) is 0 Å². The van der Waals surface area contributed by atoms with Crippen LogP contribution in [-0.2, 0) is 0 Å². The number of nitrogens with zero attached hydrogens (tertiary/aromatic N) is 1. The smallest absolute Gasteiger partial charge is 0.173 e. The number of aryl methyl sites for hydroxylation is 1. The molecule has 2 nitrogen and oxygen atoms in total. The van der Waals surface area contributed by atoms with Gasteiger partial charge in [-0.1, -0.05) is 37.5 Å². The Kier molecular flexibility index (Phi) is 4.25. The van der Waals surface area contributed by atoms with Crippen LogP contribution in [0.25, 0.3) is 0 Å². The summed E-state index contributed by atoms with van der Waals surface area (Å²) in [5.74, 6) is 1.83. The van der Waals surface area contributed by atoms with Crippen LogP contribution in [0.3, 0.4) is 0 Å². The van der Waals surface area contributed by atoms with Gasteiger partial charge < -0.3 is 10.2 Å². The maximum absolute atomic E-state index is 5.62. The summed E-state index contributed by atoms with van der Waals surface area (Å²) in [5, 5.41) is 4.34. The minimum Gasteiger partial charge on any atom is -0.349 e. The molecular formula is C17H24N2S. The Bertz CT molecular complexity index is 486. The Morgan fingerprint density at radius 1 is 1.15 bits per heavy atom. The van der Waals surface area contributed by atoms with Crippen molar-refractivity contribution in [1.29, 1.82) is 0 Å². The zero-order valence-electron chi connectivity index (χ0n) is 12.3. The predicted octanol–water partition coefficient (Wildman–Crippen LogP) is 4.20. The molecule has 2 aliphatic rings. The van der Waals surface area contributed by atoms with Crippen LogP contribution in [-0.4, -0.2) is 23.1 Å². The van der Waals surface area contributed by atoms with E-state index in [0.717, 1.165) is 35.7 Å². The highest BCUT2D eigenvalue weighted by molar-refractivity contribution is 7.80. The molecule has 1 aliphatic heterocycles. The lowest BCUT2D eigenvalue weighted by Gasteiger charge is -2.42. The van der Waals surface area contributed by atoms with Gasteiger partial charge in [0, 0.05) is 18.8 Å². The highest BCUT2D eigenvalue weighted by Crippen LogP contribution is 2.36. The predicted molar refractivity (Wildman–Crippen MR) is 89.0 cm³/mol. The van der Waals surface area contributed by atoms with Crippen LogP contribution in [0.2, 0.25) is 0 Å². The number of hydrogen-bond donors (Lipinski definition) is 1. The second-order valence-electron chi connectivity index (χ2n) is 6.28. The summed E-state index contributed by atoms with van der Waals surface area (Å²) in [6.07, 6.45) is 7.00. The van der Waals surface area contributed by atoms with Gasteiger partial charge in [-0.25, -0.2) is 0 Å². The summed E-state index contributed by atoms with van der Waals surface area (Å²) in [6, 6.07) is 8.36. The normalized spacial score (nSPS) is 25.9.